The smallest absolute Gasteiger partial charge is 0.462 e. The molecule has 0 amide bonds. The maximum absolute atomic E-state index is 11.8. The molecule has 1 atom stereocenters. The van der Waals surface area contributed by atoms with Crippen LogP contribution < -0.4 is 0 Å². The third kappa shape index (κ3) is 11.1. The van der Waals surface area contributed by atoms with E-state index in [9.17, 15) is 14.3 Å². The molecule has 0 aliphatic rings. The molecule has 0 aromatic carbocycles. The van der Waals surface area contributed by atoms with Gasteiger partial charge in [0.2, 0.25) is 0 Å². The Bertz CT molecular complexity index is 456. The van der Waals surface area contributed by atoms with E-state index in [-0.39, 0.29) is 19.8 Å². The van der Waals surface area contributed by atoms with Crippen molar-refractivity contribution in [2.75, 3.05) is 46.0 Å². The fraction of sp³-hybridized carbons (Fsp3) is 0.833. The van der Waals surface area contributed by atoms with E-state index in [2.05, 4.69) is 27.4 Å². The number of unbranched alkanes of at least 4 members (excludes halogenated alkanes) is 2. The lowest BCUT2D eigenvalue weighted by Gasteiger charge is -2.35. The van der Waals surface area contributed by atoms with Crippen LogP contribution in [0.15, 0.2) is 12.2 Å². The van der Waals surface area contributed by atoms with Crippen molar-refractivity contribution in [1.82, 2.24) is 0 Å². The van der Waals surface area contributed by atoms with E-state index in [1.165, 1.54) is 0 Å². The highest BCUT2D eigenvalue weighted by atomic mass is 31.2. The number of carbonyl (C=O) groups is 1. The average molecular weight is 394 g/mol. The molecule has 0 aromatic heterocycles. The molecule has 26 heavy (non-hydrogen) atoms. The minimum absolute atomic E-state index is 0.0832. The molecule has 0 rings (SSSR count). The molecule has 0 fully saturated rings. The highest BCUT2D eigenvalue weighted by Crippen LogP contribution is 2.43. The number of esters is 1. The fourth-order valence-corrected chi connectivity index (χ4v) is 3.38. The first-order chi connectivity index (χ1) is 12.2. The minimum atomic E-state index is -4.00. The summed E-state index contributed by atoms with van der Waals surface area (Å²) < 4.78 is 27.7. The molecule has 7 nitrogen and oxygen atoms in total. The second-order valence-corrected chi connectivity index (χ2v) is 7.93. The molecular formula is C18H37NO6P+. The number of hydrogen-bond acceptors (Lipinski definition) is 5. The van der Waals surface area contributed by atoms with Crippen molar-refractivity contribution < 1.29 is 32.5 Å². The van der Waals surface area contributed by atoms with Crippen molar-refractivity contribution >= 4 is 13.8 Å². The van der Waals surface area contributed by atoms with Crippen LogP contribution in [0, 0.1) is 0 Å². The van der Waals surface area contributed by atoms with Crippen LogP contribution in [-0.4, -0.2) is 61.3 Å². The standard InChI is InChI=1S/C18H36NO6P/c1-6-19(7-2,8-3)13-9-10-15-24-26(21,22)25-16-12-11-14-23-18(20)17(4)5/h4,6-16H2,1-3,5H3/p+1. The summed E-state index contributed by atoms with van der Waals surface area (Å²) in [6.45, 7) is 16.5. The van der Waals surface area contributed by atoms with E-state index in [4.69, 9.17) is 13.8 Å². The van der Waals surface area contributed by atoms with Gasteiger partial charge in [-0.15, -0.1) is 0 Å². The third-order valence-corrected chi connectivity index (χ3v) is 5.69. The molecule has 1 unspecified atom stereocenters. The Labute approximate surface area is 158 Å². The van der Waals surface area contributed by atoms with Gasteiger partial charge in [0, 0.05) is 5.57 Å². The van der Waals surface area contributed by atoms with Crippen molar-refractivity contribution in [2.24, 2.45) is 0 Å². The second-order valence-electron chi connectivity index (χ2n) is 6.48. The van der Waals surface area contributed by atoms with Gasteiger partial charge in [-0.05, 0) is 53.4 Å². The first-order valence-electron chi connectivity index (χ1n) is 9.51. The Kier molecular flexibility index (Phi) is 13.1. The molecule has 0 saturated carbocycles. The van der Waals surface area contributed by atoms with E-state index in [0.29, 0.717) is 18.4 Å². The van der Waals surface area contributed by atoms with Gasteiger partial charge in [0.15, 0.2) is 0 Å². The second kappa shape index (κ2) is 13.4. The van der Waals surface area contributed by atoms with E-state index < -0.39 is 13.8 Å². The lowest BCUT2D eigenvalue weighted by molar-refractivity contribution is -0.923. The van der Waals surface area contributed by atoms with Crippen LogP contribution in [0.1, 0.15) is 53.4 Å². The molecular weight excluding hydrogens is 357 g/mol. The van der Waals surface area contributed by atoms with Gasteiger partial charge in [0.1, 0.15) is 0 Å². The Hall–Kier alpha value is -0.720. The SMILES string of the molecule is C=C(C)C(=O)OCCCCOP(=O)(O)OCCCC[N+](CC)(CC)CC. The molecule has 0 aliphatic carbocycles. The predicted octanol–water partition coefficient (Wildman–Crippen LogP) is 3.68. The van der Waals surface area contributed by atoms with Crippen molar-refractivity contribution in [3.8, 4) is 0 Å². The molecule has 154 valence electrons. The zero-order chi connectivity index (χ0) is 20.1. The molecule has 0 aliphatic heterocycles. The van der Waals surface area contributed by atoms with E-state index in [0.717, 1.165) is 43.5 Å². The van der Waals surface area contributed by atoms with Crippen LogP contribution >= 0.6 is 7.82 Å². The van der Waals surface area contributed by atoms with E-state index in [1.54, 1.807) is 6.92 Å². The Morgan fingerprint density at radius 3 is 1.88 bits per heavy atom. The van der Waals surface area contributed by atoms with Crippen LogP contribution in [0.25, 0.3) is 0 Å². The predicted molar refractivity (Wildman–Crippen MR) is 103 cm³/mol. The summed E-state index contributed by atoms with van der Waals surface area (Å²) in [4.78, 5) is 20.8. The molecule has 0 bridgehead atoms. The van der Waals surface area contributed by atoms with E-state index in [1.807, 2.05) is 0 Å². The number of carbonyl (C=O) groups excluding carboxylic acids is 1. The van der Waals surface area contributed by atoms with Gasteiger partial charge in [-0.1, -0.05) is 6.58 Å². The van der Waals surface area contributed by atoms with Crippen LogP contribution in [0.4, 0.5) is 0 Å². The quantitative estimate of drug-likeness (QED) is 0.141. The van der Waals surface area contributed by atoms with Gasteiger partial charge in [-0.3, -0.25) is 9.05 Å². The topological polar surface area (TPSA) is 82.1 Å². The molecule has 8 heteroatoms. The molecule has 0 aromatic rings. The highest BCUT2D eigenvalue weighted by molar-refractivity contribution is 7.47. The number of ether oxygens (including phenoxy) is 1. The van der Waals surface area contributed by atoms with Gasteiger partial charge in [0.25, 0.3) is 0 Å². The summed E-state index contributed by atoms with van der Waals surface area (Å²) in [5.74, 6) is -0.432. The molecule has 1 N–H and O–H groups in total. The monoisotopic (exact) mass is 394 g/mol. The first kappa shape index (κ1) is 25.3. The molecule has 0 heterocycles. The zero-order valence-corrected chi connectivity index (χ0v) is 17.8. The van der Waals surface area contributed by atoms with Crippen molar-refractivity contribution in [2.45, 2.75) is 53.4 Å². The van der Waals surface area contributed by atoms with Gasteiger partial charge in [-0.25, -0.2) is 9.36 Å². The Morgan fingerprint density at radius 1 is 0.962 bits per heavy atom. The van der Waals surface area contributed by atoms with Crippen molar-refractivity contribution in [3.63, 3.8) is 0 Å². The number of quaternary nitrogens is 1. The Morgan fingerprint density at radius 2 is 1.42 bits per heavy atom. The fourth-order valence-electron chi connectivity index (χ4n) is 2.58. The summed E-state index contributed by atoms with van der Waals surface area (Å²) in [7, 11) is -4.00. The van der Waals surface area contributed by atoms with Crippen molar-refractivity contribution in [1.29, 1.82) is 0 Å². The number of nitrogens with zero attached hydrogens (tertiary/aromatic N) is 1. The van der Waals surface area contributed by atoms with Gasteiger partial charge >= 0.3 is 13.8 Å². The van der Waals surface area contributed by atoms with Gasteiger partial charge in [-0.2, -0.15) is 0 Å². The van der Waals surface area contributed by atoms with Gasteiger partial charge in [0.05, 0.1) is 46.0 Å². The normalized spacial score (nSPS) is 14.0. The Balaban J connectivity index is 3.80. The van der Waals surface area contributed by atoms with Crippen LogP contribution in [-0.2, 0) is 23.1 Å². The number of hydrogen-bond donors (Lipinski definition) is 1. The number of phosphoric acid groups is 1. The van der Waals surface area contributed by atoms with Crippen LogP contribution in [0.2, 0.25) is 0 Å². The maximum atomic E-state index is 11.8. The zero-order valence-electron chi connectivity index (χ0n) is 16.9. The summed E-state index contributed by atoms with van der Waals surface area (Å²) in [6, 6.07) is 0. The number of phosphoric ester groups is 1. The van der Waals surface area contributed by atoms with Crippen LogP contribution in [0.5, 0.6) is 0 Å². The molecule has 0 radical (unpaired) electrons. The average Bonchev–Trinajstić information content (AvgIpc) is 2.61. The van der Waals surface area contributed by atoms with Crippen LogP contribution in [0.3, 0.4) is 0 Å². The summed E-state index contributed by atoms with van der Waals surface area (Å²) in [6.07, 6.45) is 2.72. The van der Waals surface area contributed by atoms with Gasteiger partial charge < -0.3 is 14.1 Å². The third-order valence-electron chi connectivity index (χ3n) is 4.67. The minimum Gasteiger partial charge on any atom is -0.462 e. The highest BCUT2D eigenvalue weighted by Gasteiger charge is 2.22. The lowest BCUT2D eigenvalue weighted by atomic mass is 10.2. The largest absolute Gasteiger partial charge is 0.472 e. The summed E-state index contributed by atoms with van der Waals surface area (Å²) in [5, 5.41) is 0. The van der Waals surface area contributed by atoms with Crippen molar-refractivity contribution in [3.05, 3.63) is 12.2 Å². The maximum Gasteiger partial charge on any atom is 0.472 e. The number of rotatable bonds is 16. The van der Waals surface area contributed by atoms with E-state index >= 15 is 0 Å². The summed E-state index contributed by atoms with van der Waals surface area (Å²) in [5.41, 5.74) is 0.349. The summed E-state index contributed by atoms with van der Waals surface area (Å²) >= 11 is 0. The molecule has 0 spiro atoms. The first-order valence-corrected chi connectivity index (χ1v) is 11.0. The molecule has 0 saturated heterocycles. The lowest BCUT2D eigenvalue weighted by Crippen LogP contribution is -2.48.